The lowest BCUT2D eigenvalue weighted by molar-refractivity contribution is -0.132. The molecular formula is C17H26N2O. The van der Waals surface area contributed by atoms with Crippen LogP contribution in [0.25, 0.3) is 0 Å². The molecular weight excluding hydrogens is 248 g/mol. The smallest absolute Gasteiger partial charge is 0.224 e. The standard InChI is InChI=1S/C17H26N2O/c1-13-5-4-10-19(12-13)17(20)8-9-18-16-7-6-14(2)15(3)11-16/h6-7,11,13,18H,4-5,8-10,12H2,1-3H3. The van der Waals surface area contributed by atoms with Gasteiger partial charge in [-0.3, -0.25) is 4.79 Å². The van der Waals surface area contributed by atoms with Gasteiger partial charge in [0, 0.05) is 31.7 Å². The number of hydrogen-bond acceptors (Lipinski definition) is 2. The van der Waals surface area contributed by atoms with Crippen LogP contribution in [0.5, 0.6) is 0 Å². The van der Waals surface area contributed by atoms with E-state index < -0.39 is 0 Å². The Hall–Kier alpha value is -1.51. The molecule has 1 heterocycles. The summed E-state index contributed by atoms with van der Waals surface area (Å²) in [6.45, 7) is 9.04. The molecule has 0 radical (unpaired) electrons. The molecule has 0 aromatic heterocycles. The molecule has 1 saturated heterocycles. The summed E-state index contributed by atoms with van der Waals surface area (Å²) in [5.74, 6) is 0.938. The largest absolute Gasteiger partial charge is 0.385 e. The van der Waals surface area contributed by atoms with Crippen molar-refractivity contribution in [3.8, 4) is 0 Å². The molecule has 1 atom stereocenters. The summed E-state index contributed by atoms with van der Waals surface area (Å²) in [4.78, 5) is 14.2. The summed E-state index contributed by atoms with van der Waals surface area (Å²) in [5, 5.41) is 3.35. The van der Waals surface area contributed by atoms with E-state index in [2.05, 4.69) is 44.3 Å². The van der Waals surface area contributed by atoms with Crippen LogP contribution in [0, 0.1) is 19.8 Å². The van der Waals surface area contributed by atoms with Crippen LogP contribution in [0.1, 0.15) is 37.3 Å². The van der Waals surface area contributed by atoms with Crippen molar-refractivity contribution in [1.29, 1.82) is 0 Å². The second-order valence-corrected chi connectivity index (χ2v) is 6.06. The van der Waals surface area contributed by atoms with Gasteiger partial charge in [0.2, 0.25) is 5.91 Å². The summed E-state index contributed by atoms with van der Waals surface area (Å²) >= 11 is 0. The maximum Gasteiger partial charge on any atom is 0.224 e. The van der Waals surface area contributed by atoms with E-state index in [0.29, 0.717) is 18.9 Å². The highest BCUT2D eigenvalue weighted by molar-refractivity contribution is 5.76. The van der Waals surface area contributed by atoms with Crippen LogP contribution in [0.3, 0.4) is 0 Å². The minimum Gasteiger partial charge on any atom is -0.385 e. The minimum atomic E-state index is 0.285. The van der Waals surface area contributed by atoms with Crippen molar-refractivity contribution in [2.45, 2.75) is 40.0 Å². The molecule has 3 nitrogen and oxygen atoms in total. The average molecular weight is 274 g/mol. The van der Waals surface area contributed by atoms with E-state index in [-0.39, 0.29) is 5.91 Å². The molecule has 1 aromatic rings. The topological polar surface area (TPSA) is 32.3 Å². The van der Waals surface area contributed by atoms with Gasteiger partial charge in [-0.25, -0.2) is 0 Å². The number of nitrogens with zero attached hydrogens (tertiary/aromatic N) is 1. The Morgan fingerprint density at radius 3 is 2.85 bits per heavy atom. The Morgan fingerprint density at radius 1 is 1.35 bits per heavy atom. The van der Waals surface area contributed by atoms with E-state index in [4.69, 9.17) is 0 Å². The van der Waals surface area contributed by atoms with Gasteiger partial charge in [0.15, 0.2) is 0 Å². The highest BCUT2D eigenvalue weighted by Gasteiger charge is 2.20. The fourth-order valence-corrected chi connectivity index (χ4v) is 2.74. The number of nitrogens with one attached hydrogen (secondary N) is 1. The summed E-state index contributed by atoms with van der Waals surface area (Å²) in [5.41, 5.74) is 3.69. The Morgan fingerprint density at radius 2 is 2.15 bits per heavy atom. The molecule has 1 fully saturated rings. The van der Waals surface area contributed by atoms with Crippen molar-refractivity contribution in [3.63, 3.8) is 0 Å². The highest BCUT2D eigenvalue weighted by Crippen LogP contribution is 2.17. The fourth-order valence-electron chi connectivity index (χ4n) is 2.74. The summed E-state index contributed by atoms with van der Waals surface area (Å²) in [6, 6.07) is 6.34. The van der Waals surface area contributed by atoms with E-state index in [1.54, 1.807) is 0 Å². The van der Waals surface area contributed by atoms with Gasteiger partial charge >= 0.3 is 0 Å². The highest BCUT2D eigenvalue weighted by atomic mass is 16.2. The fraction of sp³-hybridized carbons (Fsp3) is 0.588. The number of amides is 1. The predicted molar refractivity (Wildman–Crippen MR) is 84.0 cm³/mol. The predicted octanol–water partition coefficient (Wildman–Crippen LogP) is 3.36. The number of carbonyl (C=O) groups is 1. The van der Waals surface area contributed by atoms with Crippen molar-refractivity contribution in [1.82, 2.24) is 4.90 Å². The first-order chi connectivity index (χ1) is 9.56. The third-order valence-corrected chi connectivity index (χ3v) is 4.18. The molecule has 110 valence electrons. The lowest BCUT2D eigenvalue weighted by Crippen LogP contribution is -2.39. The molecule has 0 spiro atoms. The molecule has 1 aliphatic heterocycles. The number of likely N-dealkylation sites (tertiary alicyclic amines) is 1. The number of carbonyl (C=O) groups excluding carboxylic acids is 1. The maximum atomic E-state index is 12.1. The zero-order valence-corrected chi connectivity index (χ0v) is 12.9. The second kappa shape index (κ2) is 6.78. The SMILES string of the molecule is Cc1ccc(NCCC(=O)N2CCCC(C)C2)cc1C. The first kappa shape index (κ1) is 14.9. The average Bonchev–Trinajstić information content (AvgIpc) is 2.42. The van der Waals surface area contributed by atoms with Crippen LogP contribution in [0.4, 0.5) is 5.69 Å². The number of rotatable bonds is 4. The van der Waals surface area contributed by atoms with Crippen LogP contribution >= 0.6 is 0 Å². The van der Waals surface area contributed by atoms with Gasteiger partial charge in [-0.05, 0) is 55.9 Å². The first-order valence-corrected chi connectivity index (χ1v) is 7.65. The van der Waals surface area contributed by atoms with Gasteiger partial charge in [0.05, 0.1) is 0 Å². The van der Waals surface area contributed by atoms with Crippen LogP contribution in [-0.4, -0.2) is 30.4 Å². The summed E-state index contributed by atoms with van der Waals surface area (Å²) < 4.78 is 0. The normalized spacial score (nSPS) is 18.9. The van der Waals surface area contributed by atoms with Crippen molar-refractivity contribution < 1.29 is 4.79 Å². The third kappa shape index (κ3) is 3.99. The molecule has 3 heteroatoms. The van der Waals surface area contributed by atoms with Gasteiger partial charge in [-0.2, -0.15) is 0 Å². The van der Waals surface area contributed by atoms with Gasteiger partial charge in [-0.1, -0.05) is 13.0 Å². The molecule has 2 rings (SSSR count). The maximum absolute atomic E-state index is 12.1. The van der Waals surface area contributed by atoms with E-state index in [9.17, 15) is 4.79 Å². The molecule has 20 heavy (non-hydrogen) atoms. The first-order valence-electron chi connectivity index (χ1n) is 7.65. The van der Waals surface area contributed by atoms with E-state index in [1.165, 1.54) is 17.5 Å². The van der Waals surface area contributed by atoms with Crippen LogP contribution < -0.4 is 5.32 Å². The quantitative estimate of drug-likeness (QED) is 0.913. The van der Waals surface area contributed by atoms with E-state index in [1.807, 2.05) is 4.90 Å². The molecule has 1 amide bonds. The minimum absolute atomic E-state index is 0.285. The van der Waals surface area contributed by atoms with Crippen molar-refractivity contribution >= 4 is 11.6 Å². The van der Waals surface area contributed by atoms with Gasteiger partial charge < -0.3 is 10.2 Å². The Labute approximate surface area is 122 Å². The number of benzene rings is 1. The van der Waals surface area contributed by atoms with Crippen molar-refractivity contribution in [2.24, 2.45) is 5.92 Å². The zero-order valence-electron chi connectivity index (χ0n) is 12.9. The van der Waals surface area contributed by atoms with Crippen molar-refractivity contribution in [2.75, 3.05) is 25.0 Å². The lowest BCUT2D eigenvalue weighted by Gasteiger charge is -2.31. The monoisotopic (exact) mass is 274 g/mol. The van der Waals surface area contributed by atoms with E-state index in [0.717, 1.165) is 25.2 Å². The van der Waals surface area contributed by atoms with Crippen LogP contribution in [0.15, 0.2) is 18.2 Å². The number of piperidine rings is 1. The molecule has 0 aliphatic carbocycles. The van der Waals surface area contributed by atoms with Crippen molar-refractivity contribution in [3.05, 3.63) is 29.3 Å². The zero-order chi connectivity index (χ0) is 14.5. The molecule has 1 unspecified atom stereocenters. The Bertz CT molecular complexity index is 470. The van der Waals surface area contributed by atoms with Crippen LogP contribution in [0.2, 0.25) is 0 Å². The summed E-state index contributed by atoms with van der Waals surface area (Å²) in [6.07, 6.45) is 2.99. The Kier molecular flexibility index (Phi) is 5.05. The van der Waals surface area contributed by atoms with Crippen LogP contribution in [-0.2, 0) is 4.79 Å². The lowest BCUT2D eigenvalue weighted by atomic mass is 10.00. The number of anilines is 1. The molecule has 1 aromatic carbocycles. The van der Waals surface area contributed by atoms with Gasteiger partial charge in [0.25, 0.3) is 0 Å². The van der Waals surface area contributed by atoms with E-state index >= 15 is 0 Å². The molecule has 1 N–H and O–H groups in total. The Balaban J connectivity index is 1.77. The summed E-state index contributed by atoms with van der Waals surface area (Å²) in [7, 11) is 0. The molecule has 1 aliphatic rings. The third-order valence-electron chi connectivity index (χ3n) is 4.18. The molecule has 0 bridgehead atoms. The van der Waals surface area contributed by atoms with Gasteiger partial charge in [0.1, 0.15) is 0 Å². The number of aryl methyl sites for hydroxylation is 2. The number of hydrogen-bond donors (Lipinski definition) is 1. The second-order valence-electron chi connectivity index (χ2n) is 6.06. The molecule has 0 saturated carbocycles. The van der Waals surface area contributed by atoms with Gasteiger partial charge in [-0.15, -0.1) is 0 Å².